The Balaban J connectivity index is 2.83. The van der Waals surface area contributed by atoms with Gasteiger partial charge < -0.3 is 5.32 Å². The molecular formula is C11H16FN. The summed E-state index contributed by atoms with van der Waals surface area (Å²) >= 11 is 0. The molecule has 0 saturated carbocycles. The smallest absolute Gasteiger partial charge is 0.128 e. The second-order valence-electron chi connectivity index (χ2n) is 3.46. The molecule has 0 heterocycles. The Bertz CT molecular complexity index is 281. The van der Waals surface area contributed by atoms with E-state index in [-0.39, 0.29) is 5.82 Å². The van der Waals surface area contributed by atoms with Crippen molar-refractivity contribution >= 4 is 5.69 Å². The lowest BCUT2D eigenvalue weighted by atomic mass is 10.1. The van der Waals surface area contributed by atoms with Gasteiger partial charge in [0.15, 0.2) is 0 Å². The molecule has 0 aromatic heterocycles. The van der Waals surface area contributed by atoms with Crippen LogP contribution >= 0.6 is 0 Å². The van der Waals surface area contributed by atoms with Crippen molar-refractivity contribution in [1.82, 2.24) is 0 Å². The molecule has 0 amide bonds. The van der Waals surface area contributed by atoms with Gasteiger partial charge in [-0.1, -0.05) is 13.0 Å². The lowest BCUT2D eigenvalue weighted by molar-refractivity contribution is 0.612. The van der Waals surface area contributed by atoms with Crippen LogP contribution in [0, 0.1) is 5.82 Å². The van der Waals surface area contributed by atoms with Gasteiger partial charge in [-0.2, -0.15) is 0 Å². The minimum absolute atomic E-state index is 0.117. The Labute approximate surface area is 79.0 Å². The Morgan fingerprint density at radius 3 is 2.54 bits per heavy atom. The molecule has 0 aliphatic heterocycles. The van der Waals surface area contributed by atoms with Gasteiger partial charge in [0.05, 0.1) is 0 Å². The average molecular weight is 181 g/mol. The summed E-state index contributed by atoms with van der Waals surface area (Å²) in [4.78, 5) is 0. The van der Waals surface area contributed by atoms with Crippen LogP contribution in [0.3, 0.4) is 0 Å². The number of nitrogens with one attached hydrogen (secondary N) is 1. The number of anilines is 1. The Morgan fingerprint density at radius 1 is 1.38 bits per heavy atom. The highest BCUT2D eigenvalue weighted by molar-refractivity contribution is 5.45. The topological polar surface area (TPSA) is 12.0 Å². The zero-order valence-electron chi connectivity index (χ0n) is 8.39. The van der Waals surface area contributed by atoms with Gasteiger partial charge >= 0.3 is 0 Å². The van der Waals surface area contributed by atoms with Crippen LogP contribution in [0.1, 0.15) is 26.3 Å². The van der Waals surface area contributed by atoms with Gasteiger partial charge in [0.1, 0.15) is 5.82 Å². The third kappa shape index (κ3) is 2.72. The third-order valence-corrected chi connectivity index (χ3v) is 1.89. The molecule has 1 rings (SSSR count). The van der Waals surface area contributed by atoms with Crippen LogP contribution in [-0.2, 0) is 6.42 Å². The van der Waals surface area contributed by atoms with Crippen molar-refractivity contribution in [3.05, 3.63) is 29.6 Å². The monoisotopic (exact) mass is 181 g/mol. The second-order valence-corrected chi connectivity index (χ2v) is 3.46. The van der Waals surface area contributed by atoms with E-state index in [2.05, 4.69) is 5.32 Å². The molecule has 0 radical (unpaired) electrons. The first-order valence-corrected chi connectivity index (χ1v) is 4.68. The highest BCUT2D eigenvalue weighted by Gasteiger charge is 2.01. The molecule has 1 aromatic rings. The van der Waals surface area contributed by atoms with Crippen LogP contribution in [0.15, 0.2) is 18.2 Å². The fourth-order valence-electron chi connectivity index (χ4n) is 1.26. The van der Waals surface area contributed by atoms with Gasteiger partial charge in [0.25, 0.3) is 0 Å². The molecule has 1 nitrogen and oxygen atoms in total. The van der Waals surface area contributed by atoms with Crippen LogP contribution in [0.2, 0.25) is 0 Å². The second kappa shape index (κ2) is 4.26. The van der Waals surface area contributed by atoms with Crippen molar-refractivity contribution in [2.45, 2.75) is 33.2 Å². The van der Waals surface area contributed by atoms with Crippen LogP contribution in [0.5, 0.6) is 0 Å². The van der Waals surface area contributed by atoms with Gasteiger partial charge in [-0.3, -0.25) is 0 Å². The van der Waals surface area contributed by atoms with E-state index in [9.17, 15) is 4.39 Å². The highest BCUT2D eigenvalue weighted by atomic mass is 19.1. The van der Waals surface area contributed by atoms with E-state index >= 15 is 0 Å². The predicted molar refractivity (Wildman–Crippen MR) is 54.5 cm³/mol. The van der Waals surface area contributed by atoms with E-state index < -0.39 is 0 Å². The van der Waals surface area contributed by atoms with Crippen molar-refractivity contribution in [2.24, 2.45) is 0 Å². The lowest BCUT2D eigenvalue weighted by Gasteiger charge is -2.10. The van der Waals surface area contributed by atoms with Crippen LogP contribution in [0.25, 0.3) is 0 Å². The molecule has 0 bridgehead atoms. The normalized spacial score (nSPS) is 10.5. The summed E-state index contributed by atoms with van der Waals surface area (Å²) in [6.07, 6.45) is 0.744. The minimum atomic E-state index is -0.117. The lowest BCUT2D eigenvalue weighted by Crippen LogP contribution is -2.09. The van der Waals surface area contributed by atoms with Crippen LogP contribution < -0.4 is 5.32 Å². The molecule has 0 aliphatic rings. The summed E-state index contributed by atoms with van der Waals surface area (Å²) in [5.74, 6) is -0.117. The first-order chi connectivity index (χ1) is 6.13. The molecule has 72 valence electrons. The highest BCUT2D eigenvalue weighted by Crippen LogP contribution is 2.15. The van der Waals surface area contributed by atoms with E-state index in [1.165, 1.54) is 0 Å². The Hall–Kier alpha value is -1.05. The summed E-state index contributed by atoms with van der Waals surface area (Å²) in [7, 11) is 0. The van der Waals surface area contributed by atoms with Crippen molar-refractivity contribution < 1.29 is 4.39 Å². The van der Waals surface area contributed by atoms with Gasteiger partial charge in [0.2, 0.25) is 0 Å². The molecular weight excluding hydrogens is 165 g/mol. The quantitative estimate of drug-likeness (QED) is 0.755. The average Bonchev–Trinajstić information content (AvgIpc) is 2.03. The molecule has 2 heteroatoms. The first kappa shape index (κ1) is 10.0. The molecule has 0 spiro atoms. The largest absolute Gasteiger partial charge is 0.383 e. The minimum Gasteiger partial charge on any atom is -0.383 e. The van der Waals surface area contributed by atoms with Crippen molar-refractivity contribution in [1.29, 1.82) is 0 Å². The van der Waals surface area contributed by atoms with Crippen molar-refractivity contribution in [3.8, 4) is 0 Å². The standard InChI is InChI=1S/C11H16FN/c1-4-9-5-6-10(7-11(9)12)13-8(2)3/h5-8,13H,4H2,1-3H3. The third-order valence-electron chi connectivity index (χ3n) is 1.89. The zero-order valence-corrected chi connectivity index (χ0v) is 8.39. The number of hydrogen-bond acceptors (Lipinski definition) is 1. The van der Waals surface area contributed by atoms with Gasteiger partial charge in [0, 0.05) is 11.7 Å². The fraction of sp³-hybridized carbons (Fsp3) is 0.455. The maximum atomic E-state index is 13.3. The molecule has 0 saturated heterocycles. The Morgan fingerprint density at radius 2 is 2.08 bits per heavy atom. The molecule has 0 atom stereocenters. The molecule has 0 aliphatic carbocycles. The van der Waals surface area contributed by atoms with Gasteiger partial charge in [-0.25, -0.2) is 4.39 Å². The van der Waals surface area contributed by atoms with Crippen molar-refractivity contribution in [3.63, 3.8) is 0 Å². The number of benzene rings is 1. The summed E-state index contributed by atoms with van der Waals surface area (Å²) in [5.41, 5.74) is 1.62. The first-order valence-electron chi connectivity index (χ1n) is 4.68. The zero-order chi connectivity index (χ0) is 9.84. The summed E-state index contributed by atoms with van der Waals surface area (Å²) in [6.45, 7) is 6.02. The van der Waals surface area contributed by atoms with E-state index in [4.69, 9.17) is 0 Å². The summed E-state index contributed by atoms with van der Waals surface area (Å²) < 4.78 is 13.3. The van der Waals surface area contributed by atoms with E-state index in [1.54, 1.807) is 6.07 Å². The van der Waals surface area contributed by atoms with Crippen molar-refractivity contribution in [2.75, 3.05) is 5.32 Å². The summed E-state index contributed by atoms with van der Waals surface area (Å²) in [5, 5.41) is 3.16. The fourth-order valence-corrected chi connectivity index (χ4v) is 1.26. The molecule has 1 N–H and O–H groups in total. The van der Waals surface area contributed by atoms with E-state index in [0.717, 1.165) is 17.7 Å². The molecule has 1 aromatic carbocycles. The van der Waals surface area contributed by atoms with Gasteiger partial charge in [-0.15, -0.1) is 0 Å². The maximum absolute atomic E-state index is 13.3. The molecule has 0 fully saturated rings. The number of halogens is 1. The van der Waals surface area contributed by atoms with E-state index in [1.807, 2.05) is 32.9 Å². The molecule has 0 unspecified atom stereocenters. The van der Waals surface area contributed by atoms with Crippen LogP contribution in [0.4, 0.5) is 10.1 Å². The predicted octanol–water partition coefficient (Wildman–Crippen LogP) is 3.21. The van der Waals surface area contributed by atoms with Crippen LogP contribution in [-0.4, -0.2) is 6.04 Å². The molecule has 13 heavy (non-hydrogen) atoms. The summed E-state index contributed by atoms with van der Waals surface area (Å²) in [6, 6.07) is 5.65. The number of aryl methyl sites for hydroxylation is 1. The number of hydrogen-bond donors (Lipinski definition) is 1. The maximum Gasteiger partial charge on any atom is 0.128 e. The number of rotatable bonds is 3. The van der Waals surface area contributed by atoms with E-state index in [0.29, 0.717) is 6.04 Å². The SMILES string of the molecule is CCc1ccc(NC(C)C)cc1F. The Kier molecular flexibility index (Phi) is 3.29. The van der Waals surface area contributed by atoms with Gasteiger partial charge in [-0.05, 0) is 38.0 Å².